The van der Waals surface area contributed by atoms with Crippen molar-refractivity contribution in [3.63, 3.8) is 0 Å². The fraction of sp³-hybridized carbons (Fsp3) is 0.333. The third-order valence-corrected chi connectivity index (χ3v) is 3.57. The van der Waals surface area contributed by atoms with Crippen LogP contribution in [0.15, 0.2) is 60.4 Å². The molecule has 1 aromatic rings. The molecule has 0 aliphatic heterocycles. The summed E-state index contributed by atoms with van der Waals surface area (Å²) in [6.07, 6.45) is 5.90. The highest BCUT2D eigenvalue weighted by atomic mass is 16.5. The maximum absolute atomic E-state index is 5.20. The Morgan fingerprint density at radius 2 is 1.70 bits per heavy atom. The van der Waals surface area contributed by atoms with E-state index in [1.165, 1.54) is 5.56 Å². The first kappa shape index (κ1) is 16.1. The predicted octanol–water partition coefficient (Wildman–Crippen LogP) is 4.64. The molecule has 0 aromatic heterocycles. The SMILES string of the molecule is C=C/C(=C\C=C(/C)OC)C(C)(C)c1ccc(OC)cc1. The van der Waals surface area contributed by atoms with Crippen molar-refractivity contribution in [1.29, 1.82) is 0 Å². The van der Waals surface area contributed by atoms with Gasteiger partial charge in [-0.3, -0.25) is 0 Å². The Labute approximate surface area is 122 Å². The number of benzene rings is 1. The van der Waals surface area contributed by atoms with Crippen LogP contribution in [-0.4, -0.2) is 14.2 Å². The van der Waals surface area contributed by atoms with Crippen molar-refractivity contribution >= 4 is 0 Å². The highest BCUT2D eigenvalue weighted by molar-refractivity contribution is 5.43. The zero-order valence-electron chi connectivity index (χ0n) is 13.1. The molecule has 1 rings (SSSR count). The molecule has 0 heterocycles. The Hall–Kier alpha value is -1.96. The van der Waals surface area contributed by atoms with Gasteiger partial charge in [-0.15, -0.1) is 0 Å². The lowest BCUT2D eigenvalue weighted by atomic mass is 9.77. The van der Waals surface area contributed by atoms with E-state index in [4.69, 9.17) is 9.47 Å². The molecule has 0 unspecified atom stereocenters. The number of rotatable bonds is 6. The Morgan fingerprint density at radius 3 is 2.15 bits per heavy atom. The van der Waals surface area contributed by atoms with Crippen LogP contribution in [-0.2, 0) is 10.2 Å². The molecule has 0 spiro atoms. The van der Waals surface area contributed by atoms with Crippen molar-refractivity contribution in [3.8, 4) is 5.75 Å². The van der Waals surface area contributed by atoms with E-state index in [1.54, 1.807) is 14.2 Å². The summed E-state index contributed by atoms with van der Waals surface area (Å²) in [4.78, 5) is 0. The number of ether oxygens (including phenoxy) is 2. The zero-order chi connectivity index (χ0) is 15.2. The summed E-state index contributed by atoms with van der Waals surface area (Å²) in [5.74, 6) is 1.73. The highest BCUT2D eigenvalue weighted by Gasteiger charge is 2.23. The number of allylic oxidation sites excluding steroid dienone is 5. The summed E-state index contributed by atoms with van der Waals surface area (Å²) in [7, 11) is 3.34. The minimum absolute atomic E-state index is 0.126. The van der Waals surface area contributed by atoms with E-state index in [1.807, 2.05) is 31.2 Å². The Bertz CT molecular complexity index is 505. The maximum Gasteiger partial charge on any atom is 0.118 e. The van der Waals surface area contributed by atoms with Gasteiger partial charge in [-0.25, -0.2) is 0 Å². The van der Waals surface area contributed by atoms with Crippen molar-refractivity contribution in [2.24, 2.45) is 0 Å². The molecule has 0 fully saturated rings. The summed E-state index contributed by atoms with van der Waals surface area (Å²) < 4.78 is 10.4. The van der Waals surface area contributed by atoms with Crippen LogP contribution in [0.1, 0.15) is 26.3 Å². The van der Waals surface area contributed by atoms with Crippen LogP contribution in [0, 0.1) is 0 Å². The van der Waals surface area contributed by atoms with E-state index in [0.717, 1.165) is 17.1 Å². The molecule has 0 saturated heterocycles. The molecule has 0 aliphatic carbocycles. The fourth-order valence-corrected chi connectivity index (χ4v) is 1.98. The van der Waals surface area contributed by atoms with E-state index in [2.05, 4.69) is 38.6 Å². The van der Waals surface area contributed by atoms with Crippen LogP contribution in [0.3, 0.4) is 0 Å². The fourth-order valence-electron chi connectivity index (χ4n) is 1.98. The van der Waals surface area contributed by atoms with Gasteiger partial charge >= 0.3 is 0 Å². The third-order valence-electron chi connectivity index (χ3n) is 3.57. The minimum atomic E-state index is -0.126. The first-order chi connectivity index (χ1) is 9.45. The van der Waals surface area contributed by atoms with Gasteiger partial charge in [-0.05, 0) is 36.3 Å². The molecule has 0 radical (unpaired) electrons. The van der Waals surface area contributed by atoms with Crippen molar-refractivity contribution < 1.29 is 9.47 Å². The lowest BCUT2D eigenvalue weighted by Crippen LogP contribution is -2.19. The van der Waals surface area contributed by atoms with Crippen molar-refractivity contribution in [2.45, 2.75) is 26.2 Å². The van der Waals surface area contributed by atoms with E-state index >= 15 is 0 Å². The number of hydrogen-bond donors (Lipinski definition) is 0. The number of methoxy groups -OCH3 is 2. The smallest absolute Gasteiger partial charge is 0.118 e. The van der Waals surface area contributed by atoms with Crippen LogP contribution in [0.25, 0.3) is 0 Å². The summed E-state index contributed by atoms with van der Waals surface area (Å²) in [6.45, 7) is 10.2. The highest BCUT2D eigenvalue weighted by Crippen LogP contribution is 2.33. The molecular formula is C18H24O2. The molecule has 0 saturated carbocycles. The summed E-state index contributed by atoms with van der Waals surface area (Å²) in [5, 5.41) is 0. The Kier molecular flexibility index (Phi) is 5.63. The summed E-state index contributed by atoms with van der Waals surface area (Å²) >= 11 is 0. The molecule has 0 bridgehead atoms. The second-order valence-electron chi connectivity index (χ2n) is 5.16. The summed E-state index contributed by atoms with van der Waals surface area (Å²) in [5.41, 5.74) is 2.23. The minimum Gasteiger partial charge on any atom is -0.501 e. The molecule has 2 heteroatoms. The first-order valence-corrected chi connectivity index (χ1v) is 6.65. The monoisotopic (exact) mass is 272 g/mol. The average molecular weight is 272 g/mol. The molecule has 0 atom stereocenters. The quantitative estimate of drug-likeness (QED) is 0.555. The zero-order valence-corrected chi connectivity index (χ0v) is 13.1. The Morgan fingerprint density at radius 1 is 1.10 bits per heavy atom. The van der Waals surface area contributed by atoms with Crippen molar-refractivity contribution in [1.82, 2.24) is 0 Å². The molecule has 20 heavy (non-hydrogen) atoms. The van der Waals surface area contributed by atoms with Crippen molar-refractivity contribution in [2.75, 3.05) is 14.2 Å². The normalized spacial score (nSPS) is 13.1. The van der Waals surface area contributed by atoms with Crippen LogP contribution >= 0.6 is 0 Å². The second-order valence-corrected chi connectivity index (χ2v) is 5.16. The molecule has 1 aromatic carbocycles. The van der Waals surface area contributed by atoms with Gasteiger partial charge in [0.15, 0.2) is 0 Å². The van der Waals surface area contributed by atoms with Crippen molar-refractivity contribution in [3.05, 3.63) is 66.0 Å². The van der Waals surface area contributed by atoms with Gasteiger partial charge in [0.2, 0.25) is 0 Å². The van der Waals surface area contributed by atoms with Gasteiger partial charge in [0, 0.05) is 5.41 Å². The maximum atomic E-state index is 5.20. The van der Waals surface area contributed by atoms with Gasteiger partial charge in [0.05, 0.1) is 20.0 Å². The Balaban J connectivity index is 3.13. The van der Waals surface area contributed by atoms with Gasteiger partial charge in [-0.2, -0.15) is 0 Å². The van der Waals surface area contributed by atoms with Gasteiger partial charge in [-0.1, -0.05) is 44.7 Å². The van der Waals surface area contributed by atoms with Crippen LogP contribution in [0.4, 0.5) is 0 Å². The molecule has 0 aliphatic rings. The van der Waals surface area contributed by atoms with Gasteiger partial charge in [0.25, 0.3) is 0 Å². The van der Waals surface area contributed by atoms with E-state index in [0.29, 0.717) is 0 Å². The summed E-state index contributed by atoms with van der Waals surface area (Å²) in [6, 6.07) is 8.13. The van der Waals surface area contributed by atoms with Crippen LogP contribution in [0.5, 0.6) is 5.75 Å². The second kappa shape index (κ2) is 6.99. The average Bonchev–Trinajstić information content (AvgIpc) is 2.47. The number of hydrogen-bond acceptors (Lipinski definition) is 2. The first-order valence-electron chi connectivity index (χ1n) is 6.65. The lowest BCUT2D eigenvalue weighted by Gasteiger charge is -2.27. The van der Waals surface area contributed by atoms with Gasteiger partial charge < -0.3 is 9.47 Å². The molecular weight excluding hydrogens is 248 g/mol. The molecule has 0 N–H and O–H groups in total. The van der Waals surface area contributed by atoms with E-state index in [-0.39, 0.29) is 5.41 Å². The van der Waals surface area contributed by atoms with E-state index in [9.17, 15) is 0 Å². The molecule has 108 valence electrons. The molecule has 2 nitrogen and oxygen atoms in total. The third kappa shape index (κ3) is 3.77. The topological polar surface area (TPSA) is 18.5 Å². The largest absolute Gasteiger partial charge is 0.501 e. The van der Waals surface area contributed by atoms with E-state index < -0.39 is 0 Å². The standard InChI is InChI=1S/C18H24O2/c1-7-15(9-8-14(2)19-5)18(3,4)16-10-12-17(20-6)13-11-16/h7-13H,1H2,2-6H3/b14-8+,15-9+. The van der Waals surface area contributed by atoms with Gasteiger partial charge in [0.1, 0.15) is 5.75 Å². The molecule has 0 amide bonds. The lowest BCUT2D eigenvalue weighted by molar-refractivity contribution is 0.293. The predicted molar refractivity (Wildman–Crippen MR) is 85.1 cm³/mol. The van der Waals surface area contributed by atoms with Crippen LogP contribution < -0.4 is 4.74 Å². The van der Waals surface area contributed by atoms with Crippen LogP contribution in [0.2, 0.25) is 0 Å².